The standard InChI is InChI=1S/C10H19NO2/c1-12-10(13-2)6-9(7-10)3-8(4-9)5-11/h8H,3-7,11H2,1-2H3. The summed E-state index contributed by atoms with van der Waals surface area (Å²) in [6, 6.07) is 0. The Hall–Kier alpha value is -0.120. The Morgan fingerprint density at radius 1 is 1.23 bits per heavy atom. The maximum absolute atomic E-state index is 5.60. The van der Waals surface area contributed by atoms with Crippen LogP contribution in [0, 0.1) is 11.3 Å². The summed E-state index contributed by atoms with van der Waals surface area (Å²) in [5.41, 5.74) is 6.13. The van der Waals surface area contributed by atoms with Crippen LogP contribution in [0.2, 0.25) is 0 Å². The van der Waals surface area contributed by atoms with Gasteiger partial charge < -0.3 is 15.2 Å². The fourth-order valence-electron chi connectivity index (χ4n) is 3.08. The highest BCUT2D eigenvalue weighted by Gasteiger charge is 2.60. The lowest BCUT2D eigenvalue weighted by molar-refractivity contribution is -0.317. The maximum atomic E-state index is 5.60. The Balaban J connectivity index is 1.84. The Kier molecular flexibility index (Phi) is 2.13. The molecular formula is C10H19NO2. The fraction of sp³-hybridized carbons (Fsp3) is 1.00. The Morgan fingerprint density at radius 3 is 2.15 bits per heavy atom. The van der Waals surface area contributed by atoms with Crippen LogP contribution in [0.3, 0.4) is 0 Å². The van der Waals surface area contributed by atoms with E-state index in [1.807, 2.05) is 0 Å². The van der Waals surface area contributed by atoms with E-state index in [9.17, 15) is 0 Å². The van der Waals surface area contributed by atoms with Gasteiger partial charge in [-0.15, -0.1) is 0 Å². The van der Waals surface area contributed by atoms with Crippen molar-refractivity contribution in [3.63, 3.8) is 0 Å². The number of nitrogens with two attached hydrogens (primary N) is 1. The van der Waals surface area contributed by atoms with Crippen molar-refractivity contribution in [2.24, 2.45) is 17.1 Å². The Bertz CT molecular complexity index is 185. The summed E-state index contributed by atoms with van der Waals surface area (Å²) >= 11 is 0. The summed E-state index contributed by atoms with van der Waals surface area (Å²) in [7, 11) is 3.46. The third kappa shape index (κ3) is 1.30. The predicted molar refractivity (Wildman–Crippen MR) is 50.2 cm³/mol. The quantitative estimate of drug-likeness (QED) is 0.670. The van der Waals surface area contributed by atoms with Crippen molar-refractivity contribution in [1.29, 1.82) is 0 Å². The molecule has 0 heterocycles. The highest BCUT2D eigenvalue weighted by atomic mass is 16.7. The molecule has 2 aliphatic rings. The molecule has 0 saturated heterocycles. The van der Waals surface area contributed by atoms with Gasteiger partial charge in [0.2, 0.25) is 0 Å². The first-order valence-electron chi connectivity index (χ1n) is 4.98. The van der Waals surface area contributed by atoms with E-state index in [0.717, 1.165) is 25.3 Å². The van der Waals surface area contributed by atoms with Crippen molar-refractivity contribution >= 4 is 0 Å². The number of hydrogen-bond donors (Lipinski definition) is 1. The van der Waals surface area contributed by atoms with Gasteiger partial charge in [0.1, 0.15) is 0 Å². The maximum Gasteiger partial charge on any atom is 0.168 e. The lowest BCUT2D eigenvalue weighted by Crippen LogP contribution is -2.60. The Labute approximate surface area is 79.6 Å². The van der Waals surface area contributed by atoms with Gasteiger partial charge >= 0.3 is 0 Å². The zero-order valence-corrected chi connectivity index (χ0v) is 8.51. The SMILES string of the molecule is COC1(OC)CC2(CC(CN)C2)C1. The number of ether oxygens (including phenoxy) is 2. The van der Waals surface area contributed by atoms with Gasteiger partial charge in [0.15, 0.2) is 5.79 Å². The normalized spacial score (nSPS) is 29.8. The van der Waals surface area contributed by atoms with Crippen LogP contribution < -0.4 is 5.73 Å². The molecule has 3 heteroatoms. The van der Waals surface area contributed by atoms with Gasteiger partial charge in [-0.05, 0) is 30.7 Å². The zero-order valence-electron chi connectivity index (χ0n) is 8.51. The Morgan fingerprint density at radius 2 is 1.77 bits per heavy atom. The first kappa shape index (κ1) is 9.44. The van der Waals surface area contributed by atoms with Crippen LogP contribution in [0.25, 0.3) is 0 Å². The molecule has 2 N–H and O–H groups in total. The highest BCUT2D eigenvalue weighted by Crippen LogP contribution is 2.63. The molecule has 2 saturated carbocycles. The predicted octanol–water partition coefficient (Wildman–Crippen LogP) is 1.12. The molecule has 0 aromatic heterocycles. The van der Waals surface area contributed by atoms with Crippen molar-refractivity contribution in [2.75, 3.05) is 20.8 Å². The van der Waals surface area contributed by atoms with Crippen LogP contribution in [-0.2, 0) is 9.47 Å². The average Bonchev–Trinajstić information content (AvgIpc) is 2.02. The van der Waals surface area contributed by atoms with Gasteiger partial charge in [0, 0.05) is 27.1 Å². The topological polar surface area (TPSA) is 44.5 Å². The second-order valence-electron chi connectivity index (χ2n) is 4.68. The van der Waals surface area contributed by atoms with E-state index in [1.54, 1.807) is 14.2 Å². The third-order valence-corrected chi connectivity index (χ3v) is 3.81. The zero-order chi connectivity index (χ0) is 9.53. The highest BCUT2D eigenvalue weighted by molar-refractivity contribution is 5.07. The van der Waals surface area contributed by atoms with Gasteiger partial charge in [0.05, 0.1) is 0 Å². The second kappa shape index (κ2) is 2.94. The first-order chi connectivity index (χ1) is 6.17. The summed E-state index contributed by atoms with van der Waals surface area (Å²) in [6.07, 6.45) is 4.67. The van der Waals surface area contributed by atoms with Crippen molar-refractivity contribution < 1.29 is 9.47 Å². The molecule has 3 nitrogen and oxygen atoms in total. The molecule has 0 aromatic rings. The number of methoxy groups -OCH3 is 2. The van der Waals surface area contributed by atoms with Gasteiger partial charge in [-0.25, -0.2) is 0 Å². The minimum atomic E-state index is -0.264. The van der Waals surface area contributed by atoms with Crippen LogP contribution in [0.5, 0.6) is 0 Å². The van der Waals surface area contributed by atoms with E-state index < -0.39 is 0 Å². The largest absolute Gasteiger partial charge is 0.353 e. The summed E-state index contributed by atoms with van der Waals surface area (Å²) in [6.45, 7) is 0.842. The molecule has 0 radical (unpaired) electrons. The van der Waals surface area contributed by atoms with E-state index in [1.165, 1.54) is 12.8 Å². The molecule has 2 fully saturated rings. The van der Waals surface area contributed by atoms with Crippen LogP contribution in [0.15, 0.2) is 0 Å². The molecular weight excluding hydrogens is 166 g/mol. The molecule has 1 spiro atoms. The van der Waals surface area contributed by atoms with Crippen molar-refractivity contribution in [2.45, 2.75) is 31.5 Å². The third-order valence-electron chi connectivity index (χ3n) is 3.81. The molecule has 0 amide bonds. The van der Waals surface area contributed by atoms with Crippen LogP contribution in [-0.4, -0.2) is 26.6 Å². The molecule has 76 valence electrons. The van der Waals surface area contributed by atoms with Crippen molar-refractivity contribution in [3.05, 3.63) is 0 Å². The number of rotatable bonds is 3. The summed E-state index contributed by atoms with van der Waals surface area (Å²) in [5.74, 6) is 0.492. The minimum absolute atomic E-state index is 0.264. The van der Waals surface area contributed by atoms with Crippen LogP contribution in [0.1, 0.15) is 25.7 Å². The molecule has 2 rings (SSSR count). The molecule has 13 heavy (non-hydrogen) atoms. The lowest BCUT2D eigenvalue weighted by Gasteiger charge is -2.61. The first-order valence-corrected chi connectivity index (χ1v) is 4.98. The van der Waals surface area contributed by atoms with Crippen molar-refractivity contribution in [1.82, 2.24) is 0 Å². The van der Waals surface area contributed by atoms with Gasteiger partial charge in [0.25, 0.3) is 0 Å². The minimum Gasteiger partial charge on any atom is -0.353 e. The fourth-order valence-corrected chi connectivity index (χ4v) is 3.08. The van der Waals surface area contributed by atoms with E-state index in [2.05, 4.69) is 0 Å². The van der Waals surface area contributed by atoms with Crippen molar-refractivity contribution in [3.8, 4) is 0 Å². The average molecular weight is 185 g/mol. The van der Waals surface area contributed by atoms with E-state index >= 15 is 0 Å². The lowest BCUT2D eigenvalue weighted by atomic mass is 9.49. The summed E-state index contributed by atoms with van der Waals surface area (Å²) < 4.78 is 10.7. The van der Waals surface area contributed by atoms with Crippen LogP contribution >= 0.6 is 0 Å². The number of hydrogen-bond acceptors (Lipinski definition) is 3. The van der Waals surface area contributed by atoms with Gasteiger partial charge in [-0.3, -0.25) is 0 Å². The monoisotopic (exact) mass is 185 g/mol. The van der Waals surface area contributed by atoms with Gasteiger partial charge in [-0.1, -0.05) is 0 Å². The molecule has 0 aromatic carbocycles. The summed E-state index contributed by atoms with van der Waals surface area (Å²) in [5, 5.41) is 0. The molecule has 0 aliphatic heterocycles. The van der Waals surface area contributed by atoms with Gasteiger partial charge in [-0.2, -0.15) is 0 Å². The van der Waals surface area contributed by atoms with E-state index in [-0.39, 0.29) is 5.79 Å². The van der Waals surface area contributed by atoms with E-state index in [4.69, 9.17) is 15.2 Å². The summed E-state index contributed by atoms with van der Waals surface area (Å²) in [4.78, 5) is 0. The second-order valence-corrected chi connectivity index (χ2v) is 4.68. The molecule has 2 aliphatic carbocycles. The molecule has 0 atom stereocenters. The van der Waals surface area contributed by atoms with E-state index in [0.29, 0.717) is 5.41 Å². The van der Waals surface area contributed by atoms with Crippen LogP contribution in [0.4, 0.5) is 0 Å². The molecule has 0 bridgehead atoms. The molecule has 0 unspecified atom stereocenters. The smallest absolute Gasteiger partial charge is 0.168 e.